The first-order valence-corrected chi connectivity index (χ1v) is 9.29. The maximum Gasteiger partial charge on any atom is 0.339 e. The number of thiophene rings is 1. The molecule has 4 rings (SSSR count). The van der Waals surface area contributed by atoms with E-state index in [2.05, 4.69) is 10.4 Å². The van der Waals surface area contributed by atoms with E-state index in [1.54, 1.807) is 13.0 Å². The van der Waals surface area contributed by atoms with Gasteiger partial charge in [0.25, 0.3) is 5.91 Å². The van der Waals surface area contributed by atoms with E-state index in [4.69, 9.17) is 0 Å². The summed E-state index contributed by atoms with van der Waals surface area (Å²) >= 11 is 0.957. The Morgan fingerprint density at radius 1 is 1.14 bits per heavy atom. The van der Waals surface area contributed by atoms with Crippen molar-refractivity contribution in [1.82, 2.24) is 9.61 Å². The Hall–Kier alpha value is -3.59. The molecule has 0 spiro atoms. The highest BCUT2D eigenvalue weighted by Crippen LogP contribution is 2.37. The van der Waals surface area contributed by atoms with Crippen LogP contribution in [0.15, 0.2) is 48.0 Å². The number of benzene rings is 1. The lowest BCUT2D eigenvalue weighted by atomic mass is 10.0. The summed E-state index contributed by atoms with van der Waals surface area (Å²) in [4.78, 5) is 24.4. The van der Waals surface area contributed by atoms with Gasteiger partial charge in [-0.25, -0.2) is 18.1 Å². The van der Waals surface area contributed by atoms with Gasteiger partial charge in [-0.3, -0.25) is 4.79 Å². The van der Waals surface area contributed by atoms with Crippen molar-refractivity contribution in [3.63, 3.8) is 0 Å². The molecule has 1 aromatic carbocycles. The Morgan fingerprint density at radius 2 is 1.93 bits per heavy atom. The zero-order valence-electron chi connectivity index (χ0n) is 14.9. The lowest BCUT2D eigenvalue weighted by Gasteiger charge is -2.06. The Balaban J connectivity index is 1.71. The van der Waals surface area contributed by atoms with Gasteiger partial charge in [-0.2, -0.15) is 5.10 Å². The average Bonchev–Trinajstić information content (AvgIpc) is 3.27. The maximum absolute atomic E-state index is 14.3. The van der Waals surface area contributed by atoms with Gasteiger partial charge in [0.1, 0.15) is 27.7 Å². The smallest absolute Gasteiger partial charge is 0.339 e. The number of fused-ring (bicyclic) bond motifs is 1. The molecule has 0 unspecified atom stereocenters. The highest BCUT2D eigenvalue weighted by atomic mass is 32.1. The predicted molar refractivity (Wildman–Crippen MR) is 105 cm³/mol. The first kappa shape index (κ1) is 18.8. The van der Waals surface area contributed by atoms with E-state index in [0.29, 0.717) is 5.56 Å². The molecule has 0 atom stereocenters. The molecule has 4 aromatic rings. The van der Waals surface area contributed by atoms with Crippen LogP contribution in [0.2, 0.25) is 0 Å². The molecular formula is C20H13F2N3O3S. The van der Waals surface area contributed by atoms with Crippen LogP contribution in [0.1, 0.15) is 26.4 Å². The largest absolute Gasteiger partial charge is 0.478 e. The van der Waals surface area contributed by atoms with E-state index in [9.17, 15) is 23.5 Å². The molecule has 2 N–H and O–H groups in total. The second-order valence-corrected chi connectivity index (χ2v) is 7.19. The van der Waals surface area contributed by atoms with Crippen LogP contribution >= 0.6 is 11.3 Å². The summed E-state index contributed by atoms with van der Waals surface area (Å²) in [6.45, 7) is 1.72. The van der Waals surface area contributed by atoms with Crippen molar-refractivity contribution < 1.29 is 23.5 Å². The number of hydrogen-bond acceptors (Lipinski definition) is 4. The number of carboxylic acid groups (broad SMARTS) is 1. The Kier molecular flexibility index (Phi) is 4.59. The third-order valence-electron chi connectivity index (χ3n) is 4.33. The zero-order valence-corrected chi connectivity index (χ0v) is 15.8. The number of anilines is 1. The van der Waals surface area contributed by atoms with E-state index in [1.165, 1.54) is 46.4 Å². The Morgan fingerprint density at radius 3 is 2.62 bits per heavy atom. The molecule has 0 aliphatic rings. The van der Waals surface area contributed by atoms with Crippen molar-refractivity contribution in [2.45, 2.75) is 6.92 Å². The van der Waals surface area contributed by atoms with Crippen LogP contribution in [-0.2, 0) is 0 Å². The van der Waals surface area contributed by atoms with Crippen molar-refractivity contribution in [3.8, 4) is 11.1 Å². The molecule has 29 heavy (non-hydrogen) atoms. The van der Waals surface area contributed by atoms with Crippen LogP contribution < -0.4 is 5.32 Å². The van der Waals surface area contributed by atoms with Gasteiger partial charge in [0.05, 0.1) is 0 Å². The number of pyridine rings is 1. The topological polar surface area (TPSA) is 83.7 Å². The highest BCUT2D eigenvalue weighted by molar-refractivity contribution is 7.15. The minimum Gasteiger partial charge on any atom is -0.478 e. The van der Waals surface area contributed by atoms with Gasteiger partial charge in [0.15, 0.2) is 5.69 Å². The first-order valence-electron chi connectivity index (χ1n) is 8.41. The number of carbonyl (C=O) groups excluding carboxylic acids is 1. The van der Waals surface area contributed by atoms with E-state index in [-0.39, 0.29) is 32.9 Å². The molecule has 0 saturated heterocycles. The number of halogens is 2. The summed E-state index contributed by atoms with van der Waals surface area (Å²) in [6, 6.07) is 8.42. The molecule has 9 heteroatoms. The highest BCUT2D eigenvalue weighted by Gasteiger charge is 2.24. The fourth-order valence-corrected chi connectivity index (χ4v) is 3.91. The second kappa shape index (κ2) is 7.10. The van der Waals surface area contributed by atoms with E-state index < -0.39 is 23.5 Å². The number of aromatic carboxylic acids is 1. The van der Waals surface area contributed by atoms with E-state index in [0.717, 1.165) is 11.3 Å². The van der Waals surface area contributed by atoms with Crippen LogP contribution in [-0.4, -0.2) is 26.6 Å². The molecule has 0 saturated carbocycles. The molecule has 6 nitrogen and oxygen atoms in total. The molecule has 0 fully saturated rings. The third-order valence-corrected chi connectivity index (χ3v) is 5.23. The predicted octanol–water partition coefficient (Wildman–Crippen LogP) is 4.60. The number of carbonyl (C=O) groups is 2. The molecular weight excluding hydrogens is 400 g/mol. The van der Waals surface area contributed by atoms with E-state index in [1.807, 2.05) is 0 Å². The molecule has 0 radical (unpaired) electrons. The minimum absolute atomic E-state index is 0.0370. The Bertz CT molecular complexity index is 1280. The Labute approximate surface area is 167 Å². The van der Waals surface area contributed by atoms with Crippen molar-refractivity contribution in [2.75, 3.05) is 5.32 Å². The van der Waals surface area contributed by atoms with Crippen molar-refractivity contribution in [3.05, 3.63) is 76.4 Å². The van der Waals surface area contributed by atoms with Crippen molar-refractivity contribution in [1.29, 1.82) is 0 Å². The minimum atomic E-state index is -1.31. The van der Waals surface area contributed by atoms with Gasteiger partial charge in [0, 0.05) is 22.7 Å². The SMILES string of the molecule is Cc1ccc(-c2csc(NC(=O)c3cc4c(F)cccn4n3)c2C(=O)O)c(F)c1. The number of amides is 1. The fourth-order valence-electron chi connectivity index (χ4n) is 2.96. The lowest BCUT2D eigenvalue weighted by Crippen LogP contribution is -2.14. The van der Waals surface area contributed by atoms with Gasteiger partial charge in [-0.15, -0.1) is 11.3 Å². The first-order chi connectivity index (χ1) is 13.8. The maximum atomic E-state index is 14.3. The number of carboxylic acids is 1. The molecule has 146 valence electrons. The summed E-state index contributed by atoms with van der Waals surface area (Å²) in [7, 11) is 0. The number of hydrogen-bond donors (Lipinski definition) is 2. The van der Waals surface area contributed by atoms with Gasteiger partial charge in [0.2, 0.25) is 0 Å². The van der Waals surface area contributed by atoms with Crippen LogP contribution in [0, 0.1) is 18.6 Å². The van der Waals surface area contributed by atoms with E-state index >= 15 is 0 Å². The van der Waals surface area contributed by atoms with Crippen LogP contribution in [0.5, 0.6) is 0 Å². The second-order valence-electron chi connectivity index (χ2n) is 6.31. The molecule has 0 bridgehead atoms. The summed E-state index contributed by atoms with van der Waals surface area (Å²) < 4.78 is 29.4. The van der Waals surface area contributed by atoms with Gasteiger partial charge < -0.3 is 10.4 Å². The molecule has 3 heterocycles. The normalized spacial score (nSPS) is 11.0. The standard InChI is InChI=1S/C20H13F2N3O3S/c1-10-4-5-11(14(22)7-10)12-9-29-19(17(12)20(27)28)23-18(26)15-8-16-13(21)3-2-6-25(16)24-15/h2-9H,1H3,(H,23,26)(H,27,28). The van der Waals surface area contributed by atoms with Gasteiger partial charge in [-0.05, 0) is 36.8 Å². The molecule has 3 aromatic heterocycles. The lowest BCUT2D eigenvalue weighted by molar-refractivity contribution is 0.0699. The third kappa shape index (κ3) is 3.36. The number of nitrogens with zero attached hydrogens (tertiary/aromatic N) is 2. The average molecular weight is 413 g/mol. The summed E-state index contributed by atoms with van der Waals surface area (Å²) in [6.07, 6.45) is 1.49. The van der Waals surface area contributed by atoms with Crippen LogP contribution in [0.3, 0.4) is 0 Å². The van der Waals surface area contributed by atoms with Gasteiger partial charge in [-0.1, -0.05) is 12.1 Å². The van der Waals surface area contributed by atoms with Crippen molar-refractivity contribution in [2.24, 2.45) is 0 Å². The van der Waals surface area contributed by atoms with Crippen LogP contribution in [0.4, 0.5) is 13.8 Å². The zero-order chi connectivity index (χ0) is 20.7. The fraction of sp³-hybridized carbons (Fsp3) is 0.0500. The molecule has 0 aliphatic heterocycles. The summed E-state index contributed by atoms with van der Waals surface area (Å²) in [5.74, 6) is -3.11. The number of aryl methyl sites for hydroxylation is 1. The number of aromatic nitrogens is 2. The molecule has 1 amide bonds. The molecule has 0 aliphatic carbocycles. The van der Waals surface area contributed by atoms with Crippen molar-refractivity contribution >= 4 is 33.7 Å². The van der Waals surface area contributed by atoms with Crippen LogP contribution in [0.25, 0.3) is 16.6 Å². The quantitative estimate of drug-likeness (QED) is 0.512. The summed E-state index contributed by atoms with van der Waals surface area (Å²) in [5, 5.41) is 17.6. The monoisotopic (exact) mass is 413 g/mol. The summed E-state index contributed by atoms with van der Waals surface area (Å²) in [5.41, 5.74) is 0.801. The van der Waals surface area contributed by atoms with Gasteiger partial charge >= 0.3 is 5.97 Å². The number of nitrogens with one attached hydrogen (secondary N) is 1. The number of rotatable bonds is 4.